The predicted molar refractivity (Wildman–Crippen MR) is 68.9 cm³/mol. The molecular formula is C14H17F2NO2. The zero-order chi connectivity index (χ0) is 14.6. The molecule has 0 spiro atoms. The fourth-order valence-electron chi connectivity index (χ4n) is 1.88. The number of hydrogen-bond acceptors (Lipinski definition) is 2. The Balaban J connectivity index is 3.08. The van der Waals surface area contributed by atoms with Crippen LogP contribution in [0.4, 0.5) is 8.78 Å². The van der Waals surface area contributed by atoms with Gasteiger partial charge in [0.15, 0.2) is 0 Å². The summed E-state index contributed by atoms with van der Waals surface area (Å²) in [4.78, 5) is 12.3. The van der Waals surface area contributed by atoms with Gasteiger partial charge >= 0.3 is 5.97 Å². The number of carbonyl (C=O) groups is 1. The van der Waals surface area contributed by atoms with E-state index in [1.165, 1.54) is 17.9 Å². The van der Waals surface area contributed by atoms with Crippen molar-refractivity contribution < 1.29 is 18.7 Å². The summed E-state index contributed by atoms with van der Waals surface area (Å²) in [6, 6.07) is 1.69. The lowest BCUT2D eigenvalue weighted by atomic mass is 10.0. The van der Waals surface area contributed by atoms with Crippen LogP contribution in [0.2, 0.25) is 0 Å². The van der Waals surface area contributed by atoms with Crippen LogP contribution >= 0.6 is 0 Å². The quantitative estimate of drug-likeness (QED) is 0.807. The first-order valence-corrected chi connectivity index (χ1v) is 5.89. The van der Waals surface area contributed by atoms with Gasteiger partial charge < -0.3 is 5.11 Å². The largest absolute Gasteiger partial charge is 0.480 e. The highest BCUT2D eigenvalue weighted by atomic mass is 19.1. The highest BCUT2D eigenvalue weighted by Gasteiger charge is 2.21. The maximum Gasteiger partial charge on any atom is 0.317 e. The lowest BCUT2D eigenvalue weighted by Crippen LogP contribution is -2.33. The van der Waals surface area contributed by atoms with Gasteiger partial charge in [-0.15, -0.1) is 6.58 Å². The van der Waals surface area contributed by atoms with Gasteiger partial charge in [0.25, 0.3) is 0 Å². The van der Waals surface area contributed by atoms with Gasteiger partial charge in [-0.2, -0.15) is 0 Å². The minimum absolute atomic E-state index is 0.145. The molecule has 0 saturated carbocycles. The third-order valence-electron chi connectivity index (χ3n) is 2.98. The van der Waals surface area contributed by atoms with Crippen LogP contribution < -0.4 is 0 Å². The Morgan fingerprint density at radius 2 is 2.11 bits per heavy atom. The SMILES string of the molecule is C=CCN(CC(=O)O)C(C)c1cc(F)c(C)cc1F. The van der Waals surface area contributed by atoms with Gasteiger partial charge in [-0.05, 0) is 31.5 Å². The number of halogens is 2. The zero-order valence-electron chi connectivity index (χ0n) is 11.0. The van der Waals surface area contributed by atoms with Gasteiger partial charge in [-0.3, -0.25) is 9.69 Å². The maximum atomic E-state index is 13.9. The number of aliphatic carboxylic acids is 1. The molecule has 0 aromatic heterocycles. The maximum absolute atomic E-state index is 13.9. The van der Waals surface area contributed by atoms with Gasteiger partial charge in [-0.25, -0.2) is 8.78 Å². The molecule has 0 aliphatic carbocycles. The van der Waals surface area contributed by atoms with Crippen molar-refractivity contribution in [1.82, 2.24) is 4.90 Å². The normalized spacial score (nSPS) is 12.5. The van der Waals surface area contributed by atoms with Crippen LogP contribution in [-0.2, 0) is 4.79 Å². The van der Waals surface area contributed by atoms with Crippen molar-refractivity contribution >= 4 is 5.97 Å². The first kappa shape index (κ1) is 15.3. The second kappa shape index (κ2) is 6.43. The van der Waals surface area contributed by atoms with E-state index in [9.17, 15) is 13.6 Å². The second-order valence-corrected chi connectivity index (χ2v) is 4.41. The first-order chi connectivity index (χ1) is 8.86. The van der Waals surface area contributed by atoms with Crippen molar-refractivity contribution in [3.63, 3.8) is 0 Å². The van der Waals surface area contributed by atoms with E-state index in [-0.39, 0.29) is 24.2 Å². The molecular weight excluding hydrogens is 252 g/mol. The van der Waals surface area contributed by atoms with Crippen molar-refractivity contribution in [1.29, 1.82) is 0 Å². The second-order valence-electron chi connectivity index (χ2n) is 4.41. The summed E-state index contributed by atoms with van der Waals surface area (Å²) >= 11 is 0. The van der Waals surface area contributed by atoms with E-state index in [0.717, 1.165) is 12.1 Å². The van der Waals surface area contributed by atoms with Gasteiger partial charge in [0.2, 0.25) is 0 Å². The summed E-state index contributed by atoms with van der Waals surface area (Å²) in [5.41, 5.74) is 0.369. The van der Waals surface area contributed by atoms with Gasteiger partial charge in [0.05, 0.1) is 6.54 Å². The van der Waals surface area contributed by atoms with Gasteiger partial charge in [0, 0.05) is 18.2 Å². The Morgan fingerprint density at radius 3 is 2.63 bits per heavy atom. The van der Waals surface area contributed by atoms with E-state index in [0.29, 0.717) is 0 Å². The topological polar surface area (TPSA) is 40.5 Å². The van der Waals surface area contributed by atoms with Gasteiger partial charge in [0.1, 0.15) is 11.6 Å². The summed E-state index contributed by atoms with van der Waals surface area (Å²) in [6.45, 7) is 6.67. The Labute approximate surface area is 111 Å². The molecule has 104 valence electrons. The molecule has 1 aromatic rings. The van der Waals surface area contributed by atoms with Gasteiger partial charge in [-0.1, -0.05) is 6.08 Å². The van der Waals surface area contributed by atoms with Crippen molar-refractivity contribution in [2.75, 3.05) is 13.1 Å². The predicted octanol–water partition coefficient (Wildman–Crippen LogP) is 2.91. The van der Waals surface area contributed by atoms with E-state index in [4.69, 9.17) is 5.11 Å². The lowest BCUT2D eigenvalue weighted by molar-refractivity contribution is -0.138. The standard InChI is InChI=1S/C14H17F2NO2/c1-4-5-17(8-14(18)19)10(3)11-7-12(15)9(2)6-13(11)16/h4,6-7,10H,1,5,8H2,2-3H3,(H,18,19). The molecule has 1 rings (SSSR count). The number of carboxylic acids is 1. The van der Waals surface area contributed by atoms with E-state index < -0.39 is 23.6 Å². The summed E-state index contributed by atoms with van der Waals surface area (Å²) in [6.07, 6.45) is 1.53. The van der Waals surface area contributed by atoms with Crippen LogP contribution in [0.5, 0.6) is 0 Å². The molecule has 5 heteroatoms. The molecule has 0 radical (unpaired) electrons. The number of carboxylic acid groups (broad SMARTS) is 1. The number of aryl methyl sites for hydroxylation is 1. The summed E-state index contributed by atoms with van der Waals surface area (Å²) in [7, 11) is 0. The Kier molecular flexibility index (Phi) is 5.18. The van der Waals surface area contributed by atoms with Crippen LogP contribution in [0.25, 0.3) is 0 Å². The van der Waals surface area contributed by atoms with Crippen LogP contribution in [-0.4, -0.2) is 29.1 Å². The molecule has 0 bridgehead atoms. The molecule has 19 heavy (non-hydrogen) atoms. The average Bonchev–Trinajstić information content (AvgIpc) is 2.32. The summed E-state index contributed by atoms with van der Waals surface area (Å²) < 4.78 is 27.4. The average molecular weight is 269 g/mol. The van der Waals surface area contributed by atoms with E-state index >= 15 is 0 Å². The van der Waals surface area contributed by atoms with Crippen LogP contribution in [0.1, 0.15) is 24.1 Å². The molecule has 1 unspecified atom stereocenters. The molecule has 1 N–H and O–H groups in total. The monoisotopic (exact) mass is 269 g/mol. The Morgan fingerprint density at radius 1 is 1.47 bits per heavy atom. The van der Waals surface area contributed by atoms with E-state index in [1.54, 1.807) is 6.92 Å². The Bertz CT molecular complexity index is 489. The van der Waals surface area contributed by atoms with Crippen LogP contribution in [0.15, 0.2) is 24.8 Å². The molecule has 0 aliphatic rings. The van der Waals surface area contributed by atoms with Crippen molar-refractivity contribution in [2.24, 2.45) is 0 Å². The third kappa shape index (κ3) is 3.86. The van der Waals surface area contributed by atoms with Crippen molar-refractivity contribution in [3.8, 4) is 0 Å². The molecule has 1 aromatic carbocycles. The highest BCUT2D eigenvalue weighted by Crippen LogP contribution is 2.25. The molecule has 0 aliphatic heterocycles. The Hall–Kier alpha value is -1.75. The zero-order valence-corrected chi connectivity index (χ0v) is 11.0. The minimum atomic E-state index is -1.03. The first-order valence-electron chi connectivity index (χ1n) is 5.89. The van der Waals surface area contributed by atoms with Crippen LogP contribution in [0, 0.1) is 18.6 Å². The summed E-state index contributed by atoms with van der Waals surface area (Å²) in [5.74, 6) is -2.07. The molecule has 0 saturated heterocycles. The minimum Gasteiger partial charge on any atom is -0.480 e. The fourth-order valence-corrected chi connectivity index (χ4v) is 1.88. The fraction of sp³-hybridized carbons (Fsp3) is 0.357. The smallest absolute Gasteiger partial charge is 0.317 e. The van der Waals surface area contributed by atoms with Crippen molar-refractivity contribution in [2.45, 2.75) is 19.9 Å². The van der Waals surface area contributed by atoms with E-state index in [1.807, 2.05) is 0 Å². The van der Waals surface area contributed by atoms with Crippen molar-refractivity contribution in [3.05, 3.63) is 47.5 Å². The van der Waals surface area contributed by atoms with Crippen LogP contribution in [0.3, 0.4) is 0 Å². The third-order valence-corrected chi connectivity index (χ3v) is 2.98. The molecule has 3 nitrogen and oxygen atoms in total. The summed E-state index contributed by atoms with van der Waals surface area (Å²) in [5, 5.41) is 8.83. The number of nitrogens with zero attached hydrogens (tertiary/aromatic N) is 1. The molecule has 0 fully saturated rings. The number of rotatable bonds is 6. The van der Waals surface area contributed by atoms with E-state index in [2.05, 4.69) is 6.58 Å². The molecule has 0 heterocycles. The lowest BCUT2D eigenvalue weighted by Gasteiger charge is -2.27. The number of hydrogen-bond donors (Lipinski definition) is 1. The molecule has 1 atom stereocenters. The highest BCUT2D eigenvalue weighted by molar-refractivity contribution is 5.69. The number of benzene rings is 1. The molecule has 0 amide bonds.